The van der Waals surface area contributed by atoms with Gasteiger partial charge in [-0.25, -0.2) is 0 Å². The van der Waals surface area contributed by atoms with E-state index in [2.05, 4.69) is 57.3 Å². The Balaban J connectivity index is 2.93. The van der Waals surface area contributed by atoms with Crippen LogP contribution in [-0.4, -0.2) is 19.3 Å². The predicted octanol–water partition coefficient (Wildman–Crippen LogP) is 3.01. The molecule has 0 aliphatic carbocycles. The fraction of sp³-hybridized carbons (Fsp3) is 0.571. The third-order valence-electron chi connectivity index (χ3n) is 4.21. The molecule has 0 saturated carbocycles. The zero-order valence-corrected chi connectivity index (χ0v) is 12.1. The Morgan fingerprint density at radius 3 is 1.94 bits per heavy atom. The number of benzene rings is 1. The Morgan fingerprint density at radius 1 is 1.00 bits per heavy atom. The molecule has 0 heterocycles. The maximum Gasteiger partial charge on any atom is 0.0837 e. The molecular weight excluding hydrogens is 212 g/mol. The summed E-state index contributed by atoms with van der Waals surface area (Å²) in [6.07, 6.45) is -0.217. The van der Waals surface area contributed by atoms with E-state index >= 15 is 0 Å². The molecule has 1 aromatic carbocycles. The molecule has 1 aromatic rings. The predicted molar refractivity (Wildman–Crippen MR) is 73.8 cm³/mol. The van der Waals surface area contributed by atoms with Gasteiger partial charge >= 0.3 is 0 Å². The summed E-state index contributed by atoms with van der Waals surface area (Å²) in [7, 11) is -1.47. The van der Waals surface area contributed by atoms with E-state index in [0.717, 1.165) is 0 Å². The van der Waals surface area contributed by atoms with Gasteiger partial charge in [0.2, 0.25) is 0 Å². The number of aliphatic hydroxyl groups excluding tert-OH is 1. The van der Waals surface area contributed by atoms with Crippen molar-refractivity contribution in [2.24, 2.45) is 5.92 Å². The van der Waals surface area contributed by atoms with E-state index in [4.69, 9.17) is 0 Å². The number of aliphatic hydroxyl groups is 1. The molecule has 0 fully saturated rings. The molecule has 2 heteroatoms. The van der Waals surface area contributed by atoms with E-state index in [1.54, 1.807) is 0 Å². The number of hydrogen-bond donors (Lipinski definition) is 1. The smallest absolute Gasteiger partial charge is 0.0837 e. The van der Waals surface area contributed by atoms with Crippen molar-refractivity contribution in [1.29, 1.82) is 0 Å². The van der Waals surface area contributed by atoms with Crippen molar-refractivity contribution in [2.75, 3.05) is 0 Å². The Kier molecular flexibility index (Phi) is 4.33. The summed E-state index contributed by atoms with van der Waals surface area (Å²) in [6, 6.07) is 10.8. The summed E-state index contributed by atoms with van der Waals surface area (Å²) in [5, 5.41) is 11.2. The largest absolute Gasteiger partial charge is 0.393 e. The molecule has 0 amide bonds. The van der Waals surface area contributed by atoms with Crippen LogP contribution >= 0.6 is 0 Å². The van der Waals surface area contributed by atoms with Crippen molar-refractivity contribution in [3.8, 4) is 0 Å². The van der Waals surface area contributed by atoms with Gasteiger partial charge in [-0.1, -0.05) is 62.5 Å². The van der Waals surface area contributed by atoms with Crippen LogP contribution < -0.4 is 5.19 Å². The zero-order valence-electron chi connectivity index (χ0n) is 11.1. The van der Waals surface area contributed by atoms with Crippen molar-refractivity contribution in [2.45, 2.75) is 45.5 Å². The lowest BCUT2D eigenvalue weighted by atomic mass is 10.0. The molecule has 1 N–H and O–H groups in total. The first-order valence-electron chi connectivity index (χ1n) is 6.11. The van der Waals surface area contributed by atoms with Crippen LogP contribution in [0, 0.1) is 5.92 Å². The minimum atomic E-state index is -1.47. The summed E-state index contributed by atoms with van der Waals surface area (Å²) in [6.45, 7) is 11.1. The first kappa shape index (κ1) is 13.5. The first-order chi connectivity index (χ1) is 7.37. The Bertz CT molecular complexity index is 319. The van der Waals surface area contributed by atoms with Crippen molar-refractivity contribution in [3.63, 3.8) is 0 Å². The highest BCUT2D eigenvalue weighted by molar-refractivity contribution is 6.91. The minimum absolute atomic E-state index is 0.217. The van der Waals surface area contributed by atoms with E-state index in [1.807, 2.05) is 6.92 Å². The average Bonchev–Trinajstić information content (AvgIpc) is 2.28. The van der Waals surface area contributed by atoms with Gasteiger partial charge in [0.15, 0.2) is 0 Å². The van der Waals surface area contributed by atoms with Gasteiger partial charge in [0.25, 0.3) is 0 Å². The summed E-state index contributed by atoms with van der Waals surface area (Å²) >= 11 is 0. The second kappa shape index (κ2) is 5.15. The quantitative estimate of drug-likeness (QED) is 0.797. The highest BCUT2D eigenvalue weighted by Gasteiger charge is 2.35. The lowest BCUT2D eigenvalue weighted by molar-refractivity contribution is 0.132. The van der Waals surface area contributed by atoms with Crippen LogP contribution in [0.15, 0.2) is 30.3 Å². The fourth-order valence-corrected chi connectivity index (χ4v) is 5.38. The van der Waals surface area contributed by atoms with Crippen LogP contribution in [0.3, 0.4) is 0 Å². The van der Waals surface area contributed by atoms with Gasteiger partial charge in [-0.05, 0) is 18.4 Å². The molecule has 0 spiro atoms. The van der Waals surface area contributed by atoms with Gasteiger partial charge in [-0.3, -0.25) is 0 Å². The van der Waals surface area contributed by atoms with Crippen molar-refractivity contribution < 1.29 is 5.11 Å². The monoisotopic (exact) mass is 236 g/mol. The summed E-state index contributed by atoms with van der Waals surface area (Å²) < 4.78 is 0. The van der Waals surface area contributed by atoms with Gasteiger partial charge in [0, 0.05) is 0 Å². The van der Waals surface area contributed by atoms with E-state index in [-0.39, 0.29) is 6.10 Å². The van der Waals surface area contributed by atoms with Crippen molar-refractivity contribution in [3.05, 3.63) is 30.3 Å². The molecule has 0 radical (unpaired) electrons. The van der Waals surface area contributed by atoms with Crippen LogP contribution in [0.5, 0.6) is 0 Å². The Hall–Kier alpha value is -0.603. The van der Waals surface area contributed by atoms with E-state index < -0.39 is 8.07 Å². The molecular formula is C14H24OSi. The second-order valence-electron chi connectivity index (χ2n) is 5.48. The second-order valence-corrected chi connectivity index (χ2v) is 10.4. The number of hydrogen-bond acceptors (Lipinski definition) is 1. The molecule has 0 bridgehead atoms. The van der Waals surface area contributed by atoms with Crippen molar-refractivity contribution in [1.82, 2.24) is 0 Å². The molecule has 0 aliphatic heterocycles. The van der Waals surface area contributed by atoms with Gasteiger partial charge in [0.1, 0.15) is 0 Å². The van der Waals surface area contributed by atoms with E-state index in [1.165, 1.54) is 5.19 Å². The standard InChI is InChI=1S/C14H24OSi/c1-11(12(2)15)13(3)16(4,5)14-9-7-6-8-10-14/h6-13,15H,1-5H3/t11-,12-,13-/m0/s1. The molecule has 0 aromatic heterocycles. The van der Waals surface area contributed by atoms with Crippen LogP contribution in [0.2, 0.25) is 18.6 Å². The lowest BCUT2D eigenvalue weighted by Crippen LogP contribution is -2.48. The first-order valence-corrected chi connectivity index (χ1v) is 9.18. The summed E-state index contributed by atoms with van der Waals surface area (Å²) in [4.78, 5) is 0. The zero-order chi connectivity index (χ0) is 12.3. The average molecular weight is 236 g/mol. The molecule has 0 aliphatic rings. The third kappa shape index (κ3) is 2.74. The van der Waals surface area contributed by atoms with Gasteiger partial charge in [-0.15, -0.1) is 0 Å². The normalized spacial score (nSPS) is 17.9. The van der Waals surface area contributed by atoms with Crippen LogP contribution in [0.25, 0.3) is 0 Å². The van der Waals surface area contributed by atoms with Crippen LogP contribution in [0.4, 0.5) is 0 Å². The molecule has 0 unspecified atom stereocenters. The summed E-state index contributed by atoms with van der Waals surface area (Å²) in [5.41, 5.74) is 0.579. The maximum atomic E-state index is 9.72. The van der Waals surface area contributed by atoms with Crippen LogP contribution in [0.1, 0.15) is 20.8 Å². The van der Waals surface area contributed by atoms with E-state index in [9.17, 15) is 5.11 Å². The van der Waals surface area contributed by atoms with Gasteiger partial charge in [-0.2, -0.15) is 0 Å². The summed E-state index contributed by atoms with van der Waals surface area (Å²) in [5.74, 6) is 0.363. The SMILES string of the molecule is C[C@@H]([C@H](C)O)[C@H](C)[Si](C)(C)c1ccccc1. The fourth-order valence-electron chi connectivity index (χ4n) is 2.21. The highest BCUT2D eigenvalue weighted by atomic mass is 28.3. The third-order valence-corrected chi connectivity index (χ3v) is 8.83. The highest BCUT2D eigenvalue weighted by Crippen LogP contribution is 2.31. The molecule has 3 atom stereocenters. The Morgan fingerprint density at radius 2 is 1.50 bits per heavy atom. The molecule has 0 saturated heterocycles. The maximum absolute atomic E-state index is 9.72. The molecule has 16 heavy (non-hydrogen) atoms. The number of rotatable bonds is 4. The molecule has 90 valence electrons. The van der Waals surface area contributed by atoms with E-state index in [0.29, 0.717) is 11.5 Å². The minimum Gasteiger partial charge on any atom is -0.393 e. The topological polar surface area (TPSA) is 20.2 Å². The lowest BCUT2D eigenvalue weighted by Gasteiger charge is -2.36. The van der Waals surface area contributed by atoms with Gasteiger partial charge in [0.05, 0.1) is 14.2 Å². The Labute approximate surface area is 101 Å². The molecule has 1 nitrogen and oxygen atoms in total. The van der Waals surface area contributed by atoms with Crippen LogP contribution in [-0.2, 0) is 0 Å². The van der Waals surface area contributed by atoms with Gasteiger partial charge < -0.3 is 5.11 Å². The molecule has 1 rings (SSSR count). The van der Waals surface area contributed by atoms with Crippen molar-refractivity contribution >= 4 is 13.3 Å².